The fraction of sp³-hybridized carbons (Fsp3) is 0.303. The molecule has 2 amide bonds. The summed E-state index contributed by atoms with van der Waals surface area (Å²) in [5.41, 5.74) is 3.39. The molecule has 1 atom stereocenters. The number of ether oxygens (including phenoxy) is 1. The Bertz CT molecular complexity index is 1800. The maximum Gasteiger partial charge on any atom is 0.280 e. The van der Waals surface area contributed by atoms with Crippen LogP contribution in [-0.4, -0.2) is 28.5 Å². The molecule has 1 N–H and O–H groups in total. The molecule has 1 spiro atoms. The third kappa shape index (κ3) is 3.90. The number of methoxy groups -OCH3 is 1. The quantitative estimate of drug-likeness (QED) is 0.257. The highest BCUT2D eigenvalue weighted by molar-refractivity contribution is 6.32. The minimum atomic E-state index is -1.55. The van der Waals surface area contributed by atoms with Crippen molar-refractivity contribution in [3.63, 3.8) is 0 Å². The largest absolute Gasteiger partial charge is 0.496 e. The number of hydrogen-bond donors (Lipinski definition) is 1. The van der Waals surface area contributed by atoms with Crippen LogP contribution in [0.3, 0.4) is 0 Å². The third-order valence-corrected chi connectivity index (χ3v) is 8.65. The summed E-state index contributed by atoms with van der Waals surface area (Å²) in [6, 6.07) is 16.5. The Hall–Kier alpha value is -3.81. The van der Waals surface area contributed by atoms with Gasteiger partial charge < -0.3 is 14.6 Å². The van der Waals surface area contributed by atoms with Gasteiger partial charge in [0.05, 0.1) is 24.1 Å². The summed E-state index contributed by atoms with van der Waals surface area (Å²) >= 11 is 12.8. The SMILES string of the molecule is COc1cc(C(C)(C)C)ccc1-c1nc2c(n1C(C)C)[C@]1(C(=O)Nc3cc(Cl)ccc31)N(c1cc(Cl)ccc1C)C2=O. The fourth-order valence-electron chi connectivity index (χ4n) is 6.17. The Labute approximate surface area is 255 Å². The van der Waals surface area contributed by atoms with E-state index in [-0.39, 0.29) is 29.0 Å². The number of anilines is 2. The summed E-state index contributed by atoms with van der Waals surface area (Å²) in [7, 11) is 1.63. The maximum atomic E-state index is 14.6. The molecule has 9 heteroatoms. The van der Waals surface area contributed by atoms with Crippen molar-refractivity contribution in [2.24, 2.45) is 0 Å². The number of aromatic nitrogens is 2. The molecule has 3 heterocycles. The second-order valence-corrected chi connectivity index (χ2v) is 13.1. The molecule has 0 saturated heterocycles. The van der Waals surface area contributed by atoms with Gasteiger partial charge in [-0.15, -0.1) is 0 Å². The zero-order valence-electron chi connectivity index (χ0n) is 24.6. The van der Waals surface area contributed by atoms with Gasteiger partial charge in [-0.2, -0.15) is 0 Å². The van der Waals surface area contributed by atoms with Crippen molar-refractivity contribution in [1.82, 2.24) is 9.55 Å². The highest BCUT2D eigenvalue weighted by Gasteiger charge is 2.64. The first-order valence-corrected chi connectivity index (χ1v) is 14.6. The van der Waals surface area contributed by atoms with Crippen molar-refractivity contribution in [2.45, 2.75) is 58.5 Å². The van der Waals surface area contributed by atoms with Crippen LogP contribution in [0.25, 0.3) is 11.4 Å². The van der Waals surface area contributed by atoms with Crippen LogP contribution in [0, 0.1) is 6.92 Å². The van der Waals surface area contributed by atoms with Gasteiger partial charge in [0.2, 0.25) is 0 Å². The molecule has 1 aromatic heterocycles. The maximum absolute atomic E-state index is 14.6. The zero-order valence-corrected chi connectivity index (χ0v) is 26.1. The van der Waals surface area contributed by atoms with E-state index < -0.39 is 5.54 Å². The molecule has 2 aliphatic heterocycles. The number of aryl methyl sites for hydroxylation is 1. The Morgan fingerprint density at radius 1 is 0.976 bits per heavy atom. The van der Waals surface area contributed by atoms with Gasteiger partial charge in [0.15, 0.2) is 11.2 Å². The van der Waals surface area contributed by atoms with Gasteiger partial charge in [-0.3, -0.25) is 14.5 Å². The first kappa shape index (κ1) is 28.3. The summed E-state index contributed by atoms with van der Waals surface area (Å²) in [5.74, 6) is 0.437. The Morgan fingerprint density at radius 2 is 1.67 bits per heavy atom. The number of carbonyl (C=O) groups excluding carboxylic acids is 2. The van der Waals surface area contributed by atoms with E-state index in [9.17, 15) is 9.59 Å². The number of nitrogens with one attached hydrogen (secondary N) is 1. The number of amides is 2. The second kappa shape index (κ2) is 9.61. The van der Waals surface area contributed by atoms with Crippen LogP contribution in [0.1, 0.15) is 73.5 Å². The van der Waals surface area contributed by atoms with Crippen LogP contribution < -0.4 is 15.0 Å². The highest BCUT2D eigenvalue weighted by atomic mass is 35.5. The fourth-order valence-corrected chi connectivity index (χ4v) is 6.51. The monoisotopic (exact) mass is 602 g/mol. The average Bonchev–Trinajstić information content (AvgIpc) is 3.53. The lowest BCUT2D eigenvalue weighted by molar-refractivity contribution is -0.119. The first-order valence-electron chi connectivity index (χ1n) is 13.8. The number of carbonyl (C=O) groups is 2. The molecule has 2 aliphatic rings. The lowest BCUT2D eigenvalue weighted by atomic mass is 9.86. The van der Waals surface area contributed by atoms with Gasteiger partial charge in [0.1, 0.15) is 11.6 Å². The van der Waals surface area contributed by atoms with Crippen LogP contribution in [0.15, 0.2) is 54.6 Å². The zero-order chi connectivity index (χ0) is 30.3. The molecular weight excluding hydrogens is 571 g/mol. The molecule has 4 aromatic rings. The second-order valence-electron chi connectivity index (χ2n) is 12.2. The van der Waals surface area contributed by atoms with Gasteiger partial charge in [0, 0.05) is 27.3 Å². The van der Waals surface area contributed by atoms with E-state index in [1.807, 2.05) is 43.5 Å². The van der Waals surface area contributed by atoms with Gasteiger partial charge in [0.25, 0.3) is 11.8 Å². The van der Waals surface area contributed by atoms with Gasteiger partial charge in [-0.1, -0.05) is 62.2 Å². The molecule has 3 aromatic carbocycles. The van der Waals surface area contributed by atoms with E-state index in [2.05, 4.69) is 32.2 Å². The van der Waals surface area contributed by atoms with Gasteiger partial charge >= 0.3 is 0 Å². The van der Waals surface area contributed by atoms with E-state index in [1.54, 1.807) is 42.3 Å². The molecule has 216 valence electrons. The summed E-state index contributed by atoms with van der Waals surface area (Å²) in [6.45, 7) is 12.3. The van der Waals surface area contributed by atoms with Gasteiger partial charge in [-0.25, -0.2) is 4.98 Å². The number of hydrogen-bond acceptors (Lipinski definition) is 4. The van der Waals surface area contributed by atoms with E-state index in [0.717, 1.165) is 16.7 Å². The Morgan fingerprint density at radius 3 is 2.33 bits per heavy atom. The van der Waals surface area contributed by atoms with Crippen molar-refractivity contribution in [1.29, 1.82) is 0 Å². The summed E-state index contributed by atoms with van der Waals surface area (Å²) < 4.78 is 7.86. The molecule has 0 bridgehead atoms. The molecule has 0 unspecified atom stereocenters. The molecule has 42 heavy (non-hydrogen) atoms. The van der Waals surface area contributed by atoms with Crippen LogP contribution >= 0.6 is 23.2 Å². The number of fused-ring (bicyclic) bond motifs is 4. The molecular formula is C33H32Cl2N4O3. The van der Waals surface area contributed by atoms with Crippen LogP contribution in [0.4, 0.5) is 11.4 Å². The number of rotatable bonds is 4. The summed E-state index contributed by atoms with van der Waals surface area (Å²) in [6.07, 6.45) is 0. The van der Waals surface area contributed by atoms with E-state index in [0.29, 0.717) is 44.3 Å². The molecule has 0 radical (unpaired) electrons. The van der Waals surface area contributed by atoms with Crippen molar-refractivity contribution in [2.75, 3.05) is 17.3 Å². The van der Waals surface area contributed by atoms with Crippen LogP contribution in [0.2, 0.25) is 10.0 Å². The number of halogens is 2. The van der Waals surface area contributed by atoms with Crippen LogP contribution in [-0.2, 0) is 15.7 Å². The summed E-state index contributed by atoms with van der Waals surface area (Å²) in [4.78, 5) is 35.5. The van der Waals surface area contributed by atoms with Crippen molar-refractivity contribution in [3.8, 4) is 17.1 Å². The smallest absolute Gasteiger partial charge is 0.280 e. The molecule has 7 nitrogen and oxygen atoms in total. The van der Waals surface area contributed by atoms with Crippen molar-refractivity contribution >= 4 is 46.4 Å². The number of nitrogens with zero attached hydrogens (tertiary/aromatic N) is 3. The molecule has 6 rings (SSSR count). The average molecular weight is 604 g/mol. The topological polar surface area (TPSA) is 76.5 Å². The Kier molecular flexibility index (Phi) is 6.48. The predicted octanol–water partition coefficient (Wildman–Crippen LogP) is 7.91. The lowest BCUT2D eigenvalue weighted by Crippen LogP contribution is -2.51. The summed E-state index contributed by atoms with van der Waals surface area (Å²) in [5, 5.41) is 3.94. The molecule has 0 fully saturated rings. The number of imidazole rings is 1. The van der Waals surface area contributed by atoms with Crippen LogP contribution in [0.5, 0.6) is 5.75 Å². The highest BCUT2D eigenvalue weighted by Crippen LogP contribution is 2.55. The molecule has 0 saturated carbocycles. The normalized spacial score (nSPS) is 17.7. The minimum absolute atomic E-state index is 0.0939. The van der Waals surface area contributed by atoms with Gasteiger partial charge in [-0.05, 0) is 73.7 Å². The lowest BCUT2D eigenvalue weighted by Gasteiger charge is -2.36. The Balaban J connectivity index is 1.71. The molecule has 0 aliphatic carbocycles. The van der Waals surface area contributed by atoms with E-state index in [1.165, 1.54) is 0 Å². The third-order valence-electron chi connectivity index (χ3n) is 8.18. The van der Waals surface area contributed by atoms with Crippen molar-refractivity contribution in [3.05, 3.63) is 92.7 Å². The number of benzene rings is 3. The van der Waals surface area contributed by atoms with E-state index in [4.69, 9.17) is 32.9 Å². The van der Waals surface area contributed by atoms with E-state index >= 15 is 0 Å². The van der Waals surface area contributed by atoms with Crippen molar-refractivity contribution < 1.29 is 14.3 Å². The predicted molar refractivity (Wildman–Crippen MR) is 167 cm³/mol. The first-order chi connectivity index (χ1) is 19.8. The minimum Gasteiger partial charge on any atom is -0.496 e. The standard InChI is InChI=1S/C33H32Cl2N4O3/c1-17(2)38-28-27(37-29(38)22-12-9-19(32(4,5)6)14-26(22)42-7)30(40)39(25-16-21(35)10-8-18(25)3)33(28)23-13-11-20(34)15-24(23)36-31(33)41/h8-17H,1-7H3,(H,36,41)/t33-/m1/s1.